The third-order valence-corrected chi connectivity index (χ3v) is 3.33. The number of terminal acetylenes is 1. The molecule has 92 valence electrons. The highest BCUT2D eigenvalue weighted by molar-refractivity contribution is 5.56. The highest BCUT2D eigenvalue weighted by Gasteiger charge is 2.16. The van der Waals surface area contributed by atoms with Crippen LogP contribution in [-0.4, -0.2) is 20.1 Å². The summed E-state index contributed by atoms with van der Waals surface area (Å²) in [5.74, 6) is 2.50. The second kappa shape index (κ2) is 5.58. The van der Waals surface area contributed by atoms with Crippen molar-refractivity contribution in [2.45, 2.75) is 18.9 Å². The van der Waals surface area contributed by atoms with E-state index in [9.17, 15) is 5.26 Å². The minimum absolute atomic E-state index is 0.321. The van der Waals surface area contributed by atoms with Gasteiger partial charge in [-0.05, 0) is 30.0 Å². The molecular weight excluding hydrogens is 222 g/mol. The minimum atomic E-state index is -0.321. The van der Waals surface area contributed by atoms with Gasteiger partial charge in [-0.1, -0.05) is 18.1 Å². The molecule has 0 saturated carbocycles. The third kappa shape index (κ3) is 2.47. The molecule has 1 N–H and O–H groups in total. The first-order chi connectivity index (χ1) is 8.76. The summed E-state index contributed by atoms with van der Waals surface area (Å²) in [4.78, 5) is 2.26. The molecule has 2 rings (SSSR count). The maximum atomic E-state index is 9.17. The van der Waals surface area contributed by atoms with Crippen LogP contribution in [0.2, 0.25) is 0 Å². The van der Waals surface area contributed by atoms with Crippen molar-refractivity contribution in [3.8, 4) is 18.4 Å². The molecule has 0 radical (unpaired) electrons. The molecule has 0 bridgehead atoms. The quantitative estimate of drug-likeness (QED) is 0.818. The standard InChI is InChI=1S/C15H17N3/c1-3-8-17-14(11-16)12-6-7-15-13(10-12)5-4-9-18(15)2/h1,6-7,10,14,17H,4-5,8-9H2,2H3. The molecule has 1 aromatic carbocycles. The summed E-state index contributed by atoms with van der Waals surface area (Å²) in [5, 5.41) is 12.2. The number of nitrogens with zero attached hydrogens (tertiary/aromatic N) is 2. The van der Waals surface area contributed by atoms with Gasteiger partial charge in [-0.25, -0.2) is 0 Å². The van der Waals surface area contributed by atoms with Crippen molar-refractivity contribution >= 4 is 5.69 Å². The Bertz CT molecular complexity index is 507. The lowest BCUT2D eigenvalue weighted by atomic mass is 9.97. The van der Waals surface area contributed by atoms with Crippen molar-refractivity contribution in [2.75, 3.05) is 25.0 Å². The normalized spacial score (nSPS) is 15.4. The zero-order valence-electron chi connectivity index (χ0n) is 10.6. The summed E-state index contributed by atoms with van der Waals surface area (Å²) in [5.41, 5.74) is 3.60. The van der Waals surface area contributed by atoms with Gasteiger partial charge < -0.3 is 4.90 Å². The van der Waals surface area contributed by atoms with Crippen LogP contribution in [0, 0.1) is 23.7 Å². The summed E-state index contributed by atoms with van der Waals surface area (Å²) in [6, 6.07) is 8.17. The third-order valence-electron chi connectivity index (χ3n) is 3.33. The zero-order chi connectivity index (χ0) is 13.0. The van der Waals surface area contributed by atoms with Gasteiger partial charge in [0.05, 0.1) is 12.6 Å². The van der Waals surface area contributed by atoms with Crippen LogP contribution < -0.4 is 10.2 Å². The first kappa shape index (κ1) is 12.5. The van der Waals surface area contributed by atoms with Gasteiger partial charge in [0, 0.05) is 19.3 Å². The number of rotatable bonds is 3. The summed E-state index contributed by atoms with van der Waals surface area (Å²) in [6.07, 6.45) is 7.46. The lowest BCUT2D eigenvalue weighted by Gasteiger charge is -2.28. The first-order valence-electron chi connectivity index (χ1n) is 6.16. The van der Waals surface area contributed by atoms with Crippen LogP contribution in [0.4, 0.5) is 5.69 Å². The molecule has 0 spiro atoms. The number of nitrogens with one attached hydrogen (secondary N) is 1. The number of anilines is 1. The Morgan fingerprint density at radius 3 is 3.11 bits per heavy atom. The van der Waals surface area contributed by atoms with Crippen LogP contribution in [0.5, 0.6) is 0 Å². The van der Waals surface area contributed by atoms with Crippen LogP contribution in [0.1, 0.15) is 23.6 Å². The van der Waals surface area contributed by atoms with E-state index in [0.29, 0.717) is 6.54 Å². The van der Waals surface area contributed by atoms with E-state index in [-0.39, 0.29) is 6.04 Å². The van der Waals surface area contributed by atoms with Crippen molar-refractivity contribution in [3.05, 3.63) is 29.3 Å². The number of fused-ring (bicyclic) bond motifs is 1. The Morgan fingerprint density at radius 2 is 2.39 bits per heavy atom. The molecule has 1 aromatic rings. The van der Waals surface area contributed by atoms with Crippen LogP contribution >= 0.6 is 0 Å². The van der Waals surface area contributed by atoms with Crippen molar-refractivity contribution in [1.82, 2.24) is 5.32 Å². The fourth-order valence-corrected chi connectivity index (χ4v) is 2.38. The average Bonchev–Trinajstić information content (AvgIpc) is 2.40. The van der Waals surface area contributed by atoms with Gasteiger partial charge in [-0.15, -0.1) is 6.42 Å². The van der Waals surface area contributed by atoms with Crippen molar-refractivity contribution in [2.24, 2.45) is 0 Å². The second-order valence-electron chi connectivity index (χ2n) is 4.56. The molecule has 3 nitrogen and oxygen atoms in total. The van der Waals surface area contributed by atoms with Gasteiger partial charge in [-0.3, -0.25) is 5.32 Å². The lowest BCUT2D eigenvalue weighted by Crippen LogP contribution is -2.25. The van der Waals surface area contributed by atoms with Gasteiger partial charge in [-0.2, -0.15) is 5.26 Å². The van der Waals surface area contributed by atoms with Crippen LogP contribution in [0.3, 0.4) is 0 Å². The van der Waals surface area contributed by atoms with Gasteiger partial charge >= 0.3 is 0 Å². The monoisotopic (exact) mass is 239 g/mol. The van der Waals surface area contributed by atoms with E-state index in [4.69, 9.17) is 6.42 Å². The Balaban J connectivity index is 2.25. The molecule has 18 heavy (non-hydrogen) atoms. The summed E-state index contributed by atoms with van der Waals surface area (Å²) < 4.78 is 0. The number of hydrogen-bond donors (Lipinski definition) is 1. The topological polar surface area (TPSA) is 39.1 Å². The van der Waals surface area contributed by atoms with E-state index in [0.717, 1.165) is 18.5 Å². The number of aryl methyl sites for hydroxylation is 1. The molecule has 1 atom stereocenters. The minimum Gasteiger partial charge on any atom is -0.374 e. The van der Waals surface area contributed by atoms with Gasteiger partial charge in [0.25, 0.3) is 0 Å². The predicted octanol–water partition coefficient (Wildman–Crippen LogP) is 1.86. The molecule has 1 unspecified atom stereocenters. The van der Waals surface area contributed by atoms with Crippen molar-refractivity contribution < 1.29 is 0 Å². The van der Waals surface area contributed by atoms with Crippen LogP contribution in [0.15, 0.2) is 18.2 Å². The van der Waals surface area contributed by atoms with Gasteiger partial charge in [0.15, 0.2) is 0 Å². The van der Waals surface area contributed by atoms with Gasteiger partial charge in [0.1, 0.15) is 6.04 Å². The molecule has 0 fully saturated rings. The molecule has 1 heterocycles. The lowest BCUT2D eigenvalue weighted by molar-refractivity contribution is 0.685. The maximum Gasteiger partial charge on any atom is 0.122 e. The SMILES string of the molecule is C#CCNC(C#N)c1ccc2c(c1)CCCN2C. The average molecular weight is 239 g/mol. The van der Waals surface area contributed by atoms with Crippen molar-refractivity contribution in [3.63, 3.8) is 0 Å². The Morgan fingerprint density at radius 1 is 1.56 bits per heavy atom. The van der Waals surface area contributed by atoms with E-state index in [1.54, 1.807) is 0 Å². The molecule has 0 aliphatic carbocycles. The Labute approximate surface area is 108 Å². The second-order valence-corrected chi connectivity index (χ2v) is 4.56. The Hall–Kier alpha value is -1.97. The molecule has 1 aliphatic heterocycles. The zero-order valence-corrected chi connectivity index (χ0v) is 10.6. The summed E-state index contributed by atoms with van der Waals surface area (Å²) >= 11 is 0. The fraction of sp³-hybridized carbons (Fsp3) is 0.400. The number of nitriles is 1. The predicted molar refractivity (Wildman–Crippen MR) is 73.2 cm³/mol. The molecule has 3 heteroatoms. The first-order valence-corrected chi connectivity index (χ1v) is 6.16. The molecule has 0 saturated heterocycles. The van der Waals surface area contributed by atoms with Crippen LogP contribution in [-0.2, 0) is 6.42 Å². The van der Waals surface area contributed by atoms with Gasteiger partial charge in [0.2, 0.25) is 0 Å². The molecule has 0 aromatic heterocycles. The van der Waals surface area contributed by atoms with E-state index in [1.807, 2.05) is 6.07 Å². The van der Waals surface area contributed by atoms with E-state index >= 15 is 0 Å². The van der Waals surface area contributed by atoms with E-state index < -0.39 is 0 Å². The van der Waals surface area contributed by atoms with E-state index in [2.05, 4.69) is 41.4 Å². The summed E-state index contributed by atoms with van der Waals surface area (Å²) in [7, 11) is 2.11. The maximum absolute atomic E-state index is 9.17. The summed E-state index contributed by atoms with van der Waals surface area (Å²) in [6.45, 7) is 1.51. The molecule has 0 amide bonds. The van der Waals surface area contributed by atoms with Crippen LogP contribution in [0.25, 0.3) is 0 Å². The highest BCUT2D eigenvalue weighted by Crippen LogP contribution is 2.28. The van der Waals surface area contributed by atoms with E-state index in [1.165, 1.54) is 17.7 Å². The number of hydrogen-bond acceptors (Lipinski definition) is 3. The smallest absolute Gasteiger partial charge is 0.122 e. The van der Waals surface area contributed by atoms with Crippen molar-refractivity contribution in [1.29, 1.82) is 5.26 Å². The largest absolute Gasteiger partial charge is 0.374 e. The number of benzene rings is 1. The molecule has 1 aliphatic rings. The molecular formula is C15H17N3. The highest BCUT2D eigenvalue weighted by atomic mass is 15.1. The Kier molecular flexibility index (Phi) is 3.87. The fourth-order valence-electron chi connectivity index (χ4n) is 2.38.